The molecule has 1 aliphatic heterocycles. The van der Waals surface area contributed by atoms with Crippen molar-refractivity contribution in [1.29, 1.82) is 0 Å². The molecule has 0 bridgehead atoms. The molecule has 2 aliphatic rings. The third-order valence-electron chi connectivity index (χ3n) is 4.02. The van der Waals surface area contributed by atoms with E-state index in [0.29, 0.717) is 5.92 Å². The van der Waals surface area contributed by atoms with Gasteiger partial charge in [-0.05, 0) is 32.1 Å². The summed E-state index contributed by atoms with van der Waals surface area (Å²) in [6, 6.07) is 0.247. The van der Waals surface area contributed by atoms with Crippen molar-refractivity contribution in [1.82, 2.24) is 5.43 Å². The van der Waals surface area contributed by atoms with E-state index in [4.69, 9.17) is 15.3 Å². The fraction of sp³-hybridized carbons (Fsp3) is 1.00. The lowest BCUT2D eigenvalue weighted by Gasteiger charge is -2.49. The summed E-state index contributed by atoms with van der Waals surface area (Å²) in [4.78, 5) is 0. The van der Waals surface area contributed by atoms with Crippen molar-refractivity contribution in [3.63, 3.8) is 0 Å². The minimum atomic E-state index is -0.0277. The van der Waals surface area contributed by atoms with E-state index in [1.807, 2.05) is 0 Å². The fourth-order valence-corrected chi connectivity index (χ4v) is 2.91. The molecule has 15 heavy (non-hydrogen) atoms. The van der Waals surface area contributed by atoms with Crippen molar-refractivity contribution in [2.75, 3.05) is 20.3 Å². The molecule has 2 atom stereocenters. The van der Waals surface area contributed by atoms with Crippen LogP contribution in [0, 0.1) is 5.92 Å². The van der Waals surface area contributed by atoms with Gasteiger partial charge in [0.05, 0.1) is 18.2 Å². The number of nitrogens with two attached hydrogens (primary N) is 1. The average molecular weight is 214 g/mol. The molecule has 0 amide bonds. The number of methoxy groups -OCH3 is 1. The van der Waals surface area contributed by atoms with E-state index in [-0.39, 0.29) is 11.6 Å². The Bertz CT molecular complexity index is 195. The molecule has 4 nitrogen and oxygen atoms in total. The minimum Gasteiger partial charge on any atom is -0.381 e. The molecule has 0 spiro atoms. The predicted octanol–water partition coefficient (Wildman–Crippen LogP) is 0.814. The molecular formula is C11H22N2O2. The van der Waals surface area contributed by atoms with Crippen LogP contribution in [-0.2, 0) is 9.47 Å². The summed E-state index contributed by atoms with van der Waals surface area (Å²) < 4.78 is 11.2. The van der Waals surface area contributed by atoms with E-state index in [0.717, 1.165) is 32.5 Å². The molecule has 0 aromatic carbocycles. The fourth-order valence-electron chi connectivity index (χ4n) is 2.91. The molecule has 0 radical (unpaired) electrons. The van der Waals surface area contributed by atoms with Crippen LogP contribution < -0.4 is 11.3 Å². The highest BCUT2D eigenvalue weighted by Crippen LogP contribution is 2.41. The van der Waals surface area contributed by atoms with Crippen molar-refractivity contribution in [2.24, 2.45) is 11.8 Å². The molecule has 1 heterocycles. The Morgan fingerprint density at radius 1 is 1.47 bits per heavy atom. The van der Waals surface area contributed by atoms with Crippen LogP contribution in [0.25, 0.3) is 0 Å². The smallest absolute Gasteiger partial charge is 0.0848 e. The first kappa shape index (κ1) is 11.3. The first-order valence-electron chi connectivity index (χ1n) is 5.91. The van der Waals surface area contributed by atoms with Gasteiger partial charge in [0.1, 0.15) is 0 Å². The van der Waals surface area contributed by atoms with Gasteiger partial charge >= 0.3 is 0 Å². The number of nitrogens with one attached hydrogen (secondary N) is 1. The van der Waals surface area contributed by atoms with Gasteiger partial charge in [0, 0.05) is 19.6 Å². The maximum absolute atomic E-state index is 5.69. The number of hydrazine groups is 1. The maximum atomic E-state index is 5.69. The summed E-state index contributed by atoms with van der Waals surface area (Å²) >= 11 is 0. The average Bonchev–Trinajstić information content (AvgIpc) is 2.24. The van der Waals surface area contributed by atoms with Crippen molar-refractivity contribution in [3.05, 3.63) is 0 Å². The molecule has 2 fully saturated rings. The van der Waals surface area contributed by atoms with Gasteiger partial charge < -0.3 is 9.47 Å². The molecular weight excluding hydrogens is 192 g/mol. The quantitative estimate of drug-likeness (QED) is 0.537. The largest absolute Gasteiger partial charge is 0.381 e. The van der Waals surface area contributed by atoms with E-state index < -0.39 is 0 Å². The van der Waals surface area contributed by atoms with Gasteiger partial charge in [0.2, 0.25) is 0 Å². The zero-order chi connectivity index (χ0) is 10.7. The molecule has 1 saturated heterocycles. The molecule has 3 N–H and O–H groups in total. The number of ether oxygens (including phenoxy) is 2. The standard InChI is InChI=1S/C11H22N2O2/c1-14-11(5-3-6-11)10(13-12)9-4-2-7-15-8-9/h9-10,13H,2-8,12H2,1H3. The third-order valence-corrected chi connectivity index (χ3v) is 4.02. The molecule has 88 valence electrons. The summed E-state index contributed by atoms with van der Waals surface area (Å²) in [5, 5.41) is 0. The van der Waals surface area contributed by atoms with Gasteiger partial charge in [-0.1, -0.05) is 0 Å². The molecule has 4 heteroatoms. The van der Waals surface area contributed by atoms with Crippen LogP contribution in [0.15, 0.2) is 0 Å². The highest BCUT2D eigenvalue weighted by atomic mass is 16.5. The van der Waals surface area contributed by atoms with E-state index >= 15 is 0 Å². The highest BCUT2D eigenvalue weighted by Gasteiger charge is 2.47. The second kappa shape index (κ2) is 4.78. The lowest BCUT2D eigenvalue weighted by molar-refractivity contribution is -0.124. The Balaban J connectivity index is 2.01. The van der Waals surface area contributed by atoms with Gasteiger partial charge in [0.15, 0.2) is 0 Å². The second-order valence-electron chi connectivity index (χ2n) is 4.74. The third kappa shape index (κ3) is 2.04. The van der Waals surface area contributed by atoms with Crippen molar-refractivity contribution in [3.8, 4) is 0 Å². The van der Waals surface area contributed by atoms with Gasteiger partial charge in [-0.15, -0.1) is 0 Å². The Hall–Kier alpha value is -0.160. The van der Waals surface area contributed by atoms with Crippen LogP contribution >= 0.6 is 0 Å². The normalized spacial score (nSPS) is 32.0. The summed E-state index contributed by atoms with van der Waals surface area (Å²) in [5.41, 5.74) is 2.93. The lowest BCUT2D eigenvalue weighted by atomic mass is 9.69. The molecule has 2 unspecified atom stereocenters. The first-order valence-corrected chi connectivity index (χ1v) is 5.91. The van der Waals surface area contributed by atoms with Crippen LogP contribution in [0.5, 0.6) is 0 Å². The van der Waals surface area contributed by atoms with Crippen molar-refractivity contribution >= 4 is 0 Å². The summed E-state index contributed by atoms with van der Waals surface area (Å²) in [5.74, 6) is 6.19. The highest BCUT2D eigenvalue weighted by molar-refractivity contribution is 5.02. The van der Waals surface area contributed by atoms with Crippen LogP contribution in [0.3, 0.4) is 0 Å². The van der Waals surface area contributed by atoms with E-state index in [1.165, 1.54) is 12.8 Å². The lowest BCUT2D eigenvalue weighted by Crippen LogP contribution is -2.62. The number of hydrogen-bond acceptors (Lipinski definition) is 4. The molecule has 2 rings (SSSR count). The van der Waals surface area contributed by atoms with E-state index in [2.05, 4.69) is 5.43 Å². The minimum absolute atomic E-state index is 0.0277. The van der Waals surface area contributed by atoms with Crippen LogP contribution in [-0.4, -0.2) is 32.0 Å². The van der Waals surface area contributed by atoms with Gasteiger partial charge in [0.25, 0.3) is 0 Å². The topological polar surface area (TPSA) is 56.5 Å². The van der Waals surface area contributed by atoms with Crippen LogP contribution in [0.2, 0.25) is 0 Å². The summed E-state index contributed by atoms with van der Waals surface area (Å²) in [6.07, 6.45) is 5.83. The van der Waals surface area contributed by atoms with Gasteiger partial charge in [-0.2, -0.15) is 0 Å². The second-order valence-corrected chi connectivity index (χ2v) is 4.74. The molecule has 0 aromatic heterocycles. The summed E-state index contributed by atoms with van der Waals surface area (Å²) in [6.45, 7) is 1.72. The number of rotatable bonds is 4. The van der Waals surface area contributed by atoms with E-state index in [9.17, 15) is 0 Å². The number of hydrogen-bond donors (Lipinski definition) is 2. The molecule has 0 aromatic rings. The Morgan fingerprint density at radius 3 is 2.67 bits per heavy atom. The van der Waals surface area contributed by atoms with Gasteiger partial charge in [-0.3, -0.25) is 11.3 Å². The first-order chi connectivity index (χ1) is 7.32. The molecule has 1 aliphatic carbocycles. The van der Waals surface area contributed by atoms with E-state index in [1.54, 1.807) is 7.11 Å². The Labute approximate surface area is 91.5 Å². The molecule has 1 saturated carbocycles. The maximum Gasteiger partial charge on any atom is 0.0848 e. The van der Waals surface area contributed by atoms with Crippen LogP contribution in [0.1, 0.15) is 32.1 Å². The van der Waals surface area contributed by atoms with Crippen molar-refractivity contribution in [2.45, 2.75) is 43.7 Å². The monoisotopic (exact) mass is 214 g/mol. The van der Waals surface area contributed by atoms with Gasteiger partial charge in [-0.25, -0.2) is 0 Å². The zero-order valence-corrected chi connectivity index (χ0v) is 9.50. The Morgan fingerprint density at radius 2 is 2.27 bits per heavy atom. The Kier molecular flexibility index (Phi) is 3.61. The zero-order valence-electron chi connectivity index (χ0n) is 9.50. The van der Waals surface area contributed by atoms with Crippen LogP contribution in [0.4, 0.5) is 0 Å². The SMILES string of the molecule is COC1(C(NN)C2CCCOC2)CCC1. The summed E-state index contributed by atoms with van der Waals surface area (Å²) in [7, 11) is 1.80. The predicted molar refractivity (Wildman–Crippen MR) is 58.2 cm³/mol. The van der Waals surface area contributed by atoms with Crippen molar-refractivity contribution < 1.29 is 9.47 Å².